The number of carbonyl (C=O) groups excluding carboxylic acids is 1. The molecule has 8 heteroatoms. The Morgan fingerprint density at radius 2 is 1.79 bits per heavy atom. The quantitative estimate of drug-likeness (QED) is 0.714. The van der Waals surface area contributed by atoms with Crippen LogP contribution in [0.25, 0.3) is 0 Å². The van der Waals surface area contributed by atoms with E-state index in [0.717, 1.165) is 36.7 Å². The van der Waals surface area contributed by atoms with Crippen molar-refractivity contribution < 1.29 is 9.53 Å². The van der Waals surface area contributed by atoms with Gasteiger partial charge in [0.2, 0.25) is 0 Å². The Labute approximate surface area is 181 Å². The van der Waals surface area contributed by atoms with E-state index in [2.05, 4.69) is 15.2 Å². The van der Waals surface area contributed by atoms with E-state index < -0.39 is 5.60 Å². The number of hydrogen-bond acceptors (Lipinski definition) is 5. The summed E-state index contributed by atoms with van der Waals surface area (Å²) in [7, 11) is 0. The molecule has 1 aliphatic rings. The Morgan fingerprint density at radius 1 is 1.14 bits per heavy atom. The summed E-state index contributed by atoms with van der Waals surface area (Å²) >= 11 is 12.2. The monoisotopic (exact) mass is 436 g/mol. The van der Waals surface area contributed by atoms with Crippen molar-refractivity contribution in [2.75, 3.05) is 31.5 Å². The number of rotatable bonds is 4. The molecule has 0 radical (unpaired) electrons. The first-order chi connectivity index (χ1) is 13.7. The number of nitrogens with zero attached hydrogens (tertiary/aromatic N) is 3. The Kier molecular flexibility index (Phi) is 6.88. The normalized spacial score (nSPS) is 15.3. The fourth-order valence-corrected chi connectivity index (χ4v) is 3.62. The largest absolute Gasteiger partial charge is 0.444 e. The molecule has 1 amide bonds. The summed E-state index contributed by atoms with van der Waals surface area (Å²) in [5.41, 5.74) is 1.37. The van der Waals surface area contributed by atoms with Crippen molar-refractivity contribution in [2.45, 2.75) is 32.9 Å². The third-order valence-corrected chi connectivity index (χ3v) is 4.87. The number of aromatic nitrogens is 1. The fourth-order valence-electron chi connectivity index (χ4n) is 3.10. The molecule has 1 aromatic carbocycles. The van der Waals surface area contributed by atoms with E-state index in [1.807, 2.05) is 45.0 Å². The lowest BCUT2D eigenvalue weighted by Gasteiger charge is -2.35. The van der Waals surface area contributed by atoms with Crippen LogP contribution >= 0.6 is 23.2 Å². The number of benzene rings is 1. The molecule has 0 aliphatic carbocycles. The third-order valence-electron chi connectivity index (χ3n) is 4.43. The summed E-state index contributed by atoms with van der Waals surface area (Å²) in [6, 6.07) is 9.28. The highest BCUT2D eigenvalue weighted by molar-refractivity contribution is 6.35. The van der Waals surface area contributed by atoms with Gasteiger partial charge in [0.15, 0.2) is 0 Å². The first kappa shape index (κ1) is 21.7. The first-order valence-electron chi connectivity index (χ1n) is 9.57. The standard InChI is InChI=1S/C21H26Cl2N4O2/c1-21(2,3)29-20(28)27-9-7-26(8-10-27)14-15-5-4-6-24-19(15)25-18-12-16(22)11-17(23)13-18/h4-6,11-13H,7-10,14H2,1-3H3,(H,24,25). The van der Waals surface area contributed by atoms with Gasteiger partial charge in [0, 0.05) is 60.2 Å². The van der Waals surface area contributed by atoms with Crippen LogP contribution < -0.4 is 5.32 Å². The number of anilines is 2. The molecular formula is C21H26Cl2N4O2. The minimum absolute atomic E-state index is 0.251. The van der Waals surface area contributed by atoms with Gasteiger partial charge in [-0.1, -0.05) is 29.3 Å². The van der Waals surface area contributed by atoms with Gasteiger partial charge in [0.1, 0.15) is 11.4 Å². The highest BCUT2D eigenvalue weighted by atomic mass is 35.5. The maximum atomic E-state index is 12.2. The highest BCUT2D eigenvalue weighted by Crippen LogP contribution is 2.26. The number of pyridine rings is 1. The van der Waals surface area contributed by atoms with Gasteiger partial charge in [-0.25, -0.2) is 9.78 Å². The first-order valence-corrected chi connectivity index (χ1v) is 10.3. The minimum atomic E-state index is -0.478. The number of ether oxygens (including phenoxy) is 1. The van der Waals surface area contributed by atoms with Crippen molar-refractivity contribution in [3.05, 3.63) is 52.1 Å². The Balaban J connectivity index is 1.61. The van der Waals surface area contributed by atoms with Gasteiger partial charge in [-0.15, -0.1) is 0 Å². The van der Waals surface area contributed by atoms with Crippen LogP contribution in [0.5, 0.6) is 0 Å². The zero-order valence-corrected chi connectivity index (χ0v) is 18.4. The maximum Gasteiger partial charge on any atom is 0.410 e. The number of halogens is 2. The van der Waals surface area contributed by atoms with Gasteiger partial charge < -0.3 is 15.0 Å². The van der Waals surface area contributed by atoms with Crippen molar-refractivity contribution >= 4 is 40.8 Å². The Hall–Kier alpha value is -2.02. The van der Waals surface area contributed by atoms with E-state index in [9.17, 15) is 4.79 Å². The molecule has 0 spiro atoms. The third kappa shape index (κ3) is 6.49. The highest BCUT2D eigenvalue weighted by Gasteiger charge is 2.26. The topological polar surface area (TPSA) is 57.7 Å². The van der Waals surface area contributed by atoms with E-state index >= 15 is 0 Å². The van der Waals surface area contributed by atoms with Crippen LogP contribution in [0, 0.1) is 0 Å². The minimum Gasteiger partial charge on any atom is -0.444 e. The van der Waals surface area contributed by atoms with Crippen molar-refractivity contribution in [2.24, 2.45) is 0 Å². The molecule has 1 aromatic heterocycles. The predicted molar refractivity (Wildman–Crippen MR) is 117 cm³/mol. The molecule has 0 atom stereocenters. The smallest absolute Gasteiger partial charge is 0.410 e. The van der Waals surface area contributed by atoms with Crippen molar-refractivity contribution in [1.82, 2.24) is 14.8 Å². The number of carbonyl (C=O) groups is 1. The molecule has 1 N–H and O–H groups in total. The molecule has 2 heterocycles. The number of amides is 1. The number of hydrogen-bond donors (Lipinski definition) is 1. The average Bonchev–Trinajstić information content (AvgIpc) is 2.62. The van der Waals surface area contributed by atoms with Gasteiger partial charge >= 0.3 is 6.09 Å². The average molecular weight is 437 g/mol. The van der Waals surface area contributed by atoms with Crippen LogP contribution in [0.3, 0.4) is 0 Å². The van der Waals surface area contributed by atoms with E-state index in [1.54, 1.807) is 17.2 Å². The van der Waals surface area contributed by atoms with E-state index in [0.29, 0.717) is 23.1 Å². The molecule has 6 nitrogen and oxygen atoms in total. The van der Waals surface area contributed by atoms with Crippen LogP contribution in [0.1, 0.15) is 26.3 Å². The van der Waals surface area contributed by atoms with Crippen LogP contribution in [0.2, 0.25) is 10.0 Å². The molecule has 1 aliphatic heterocycles. The van der Waals surface area contributed by atoms with Gasteiger partial charge in [-0.3, -0.25) is 4.90 Å². The molecular weight excluding hydrogens is 411 g/mol. The number of piperazine rings is 1. The van der Waals surface area contributed by atoms with Crippen LogP contribution in [-0.2, 0) is 11.3 Å². The Bertz CT molecular complexity index is 842. The van der Waals surface area contributed by atoms with Crippen molar-refractivity contribution in [1.29, 1.82) is 0 Å². The van der Waals surface area contributed by atoms with E-state index in [-0.39, 0.29) is 6.09 Å². The van der Waals surface area contributed by atoms with Crippen LogP contribution in [-0.4, -0.2) is 52.7 Å². The fraction of sp³-hybridized carbons (Fsp3) is 0.429. The molecule has 1 fully saturated rings. The summed E-state index contributed by atoms with van der Waals surface area (Å²) in [6.45, 7) is 9.20. The van der Waals surface area contributed by atoms with E-state index in [4.69, 9.17) is 27.9 Å². The lowest BCUT2D eigenvalue weighted by Crippen LogP contribution is -2.49. The van der Waals surface area contributed by atoms with Gasteiger partial charge in [0.05, 0.1) is 0 Å². The van der Waals surface area contributed by atoms with Crippen LogP contribution in [0.15, 0.2) is 36.5 Å². The molecule has 0 bridgehead atoms. The summed E-state index contributed by atoms with van der Waals surface area (Å²) in [4.78, 5) is 20.8. The number of nitrogens with one attached hydrogen (secondary N) is 1. The second-order valence-corrected chi connectivity index (χ2v) is 8.91. The molecule has 1 saturated heterocycles. The SMILES string of the molecule is CC(C)(C)OC(=O)N1CCN(Cc2cccnc2Nc2cc(Cl)cc(Cl)c2)CC1. The molecule has 156 valence electrons. The lowest BCUT2D eigenvalue weighted by molar-refractivity contribution is 0.0139. The zero-order chi connectivity index (χ0) is 21.0. The van der Waals surface area contributed by atoms with Crippen molar-refractivity contribution in [3.63, 3.8) is 0 Å². The molecule has 29 heavy (non-hydrogen) atoms. The molecule has 0 unspecified atom stereocenters. The van der Waals surface area contributed by atoms with Gasteiger partial charge in [-0.2, -0.15) is 0 Å². The molecule has 0 saturated carbocycles. The summed E-state index contributed by atoms with van der Waals surface area (Å²) in [5.74, 6) is 0.764. The second kappa shape index (κ2) is 9.20. The lowest BCUT2D eigenvalue weighted by atomic mass is 10.2. The Morgan fingerprint density at radius 3 is 2.41 bits per heavy atom. The maximum absolute atomic E-state index is 12.2. The summed E-state index contributed by atoms with van der Waals surface area (Å²) in [6.07, 6.45) is 1.50. The summed E-state index contributed by atoms with van der Waals surface area (Å²) < 4.78 is 5.46. The van der Waals surface area contributed by atoms with Gasteiger partial charge in [0.25, 0.3) is 0 Å². The molecule has 3 rings (SSSR count). The van der Waals surface area contributed by atoms with Crippen molar-refractivity contribution in [3.8, 4) is 0 Å². The van der Waals surface area contributed by atoms with Crippen LogP contribution in [0.4, 0.5) is 16.3 Å². The summed E-state index contributed by atoms with van der Waals surface area (Å²) in [5, 5.41) is 4.44. The van der Waals surface area contributed by atoms with E-state index in [1.165, 1.54) is 0 Å². The second-order valence-electron chi connectivity index (χ2n) is 8.04. The zero-order valence-electron chi connectivity index (χ0n) is 16.9. The molecule has 2 aromatic rings. The van der Waals surface area contributed by atoms with Gasteiger partial charge in [-0.05, 0) is 45.0 Å². The predicted octanol–water partition coefficient (Wildman–Crippen LogP) is 5.18.